The van der Waals surface area contributed by atoms with E-state index in [1.54, 1.807) is 5.56 Å². The molecule has 1 aromatic carbocycles. The van der Waals surface area contributed by atoms with E-state index in [1.165, 1.54) is 16.7 Å². The van der Waals surface area contributed by atoms with Crippen LogP contribution in [0.1, 0.15) is 41.5 Å². The van der Waals surface area contributed by atoms with E-state index < -0.39 is 0 Å². The van der Waals surface area contributed by atoms with Gasteiger partial charge in [-0.3, -0.25) is 0 Å². The summed E-state index contributed by atoms with van der Waals surface area (Å²) in [6, 6.07) is 4.66. The molecule has 4 rings (SSSR count). The van der Waals surface area contributed by atoms with Crippen LogP contribution in [0.25, 0.3) is 6.08 Å². The van der Waals surface area contributed by atoms with Crippen LogP contribution in [0.2, 0.25) is 0 Å². The molecular formula is C20H26O3. The van der Waals surface area contributed by atoms with Gasteiger partial charge in [0.05, 0.1) is 38.1 Å². The van der Waals surface area contributed by atoms with Crippen molar-refractivity contribution in [2.24, 2.45) is 0 Å². The first kappa shape index (κ1) is 15.4. The quantitative estimate of drug-likeness (QED) is 0.622. The fraction of sp³-hybridized carbons (Fsp3) is 0.600. The van der Waals surface area contributed by atoms with Gasteiger partial charge in [-0.25, -0.2) is 0 Å². The van der Waals surface area contributed by atoms with Gasteiger partial charge in [-0.15, -0.1) is 0 Å². The number of aryl methyl sites for hydroxylation is 2. The number of benzene rings is 1. The first-order valence-electron chi connectivity index (χ1n) is 8.93. The van der Waals surface area contributed by atoms with Crippen molar-refractivity contribution in [3.8, 4) is 0 Å². The van der Waals surface area contributed by atoms with E-state index in [4.69, 9.17) is 14.2 Å². The molecule has 0 N–H and O–H groups in total. The van der Waals surface area contributed by atoms with Gasteiger partial charge >= 0.3 is 0 Å². The topological polar surface area (TPSA) is 37.6 Å². The molecule has 3 unspecified atom stereocenters. The Labute approximate surface area is 138 Å². The molecule has 3 aliphatic heterocycles. The number of rotatable bonds is 10. The van der Waals surface area contributed by atoms with Crippen LogP contribution in [0.3, 0.4) is 0 Å². The standard InChI is InChI=1S/C20H26O3/c1-2-14-9-15(3-5-17-11-21-17)20(8-7-19-13-23-19)16(10-14)4-6-18-12-22-18/h2,9-10,17-19H,1,3-8,11-13H2. The third-order valence-electron chi connectivity index (χ3n) is 5.09. The lowest BCUT2D eigenvalue weighted by molar-refractivity contribution is 0.392. The summed E-state index contributed by atoms with van der Waals surface area (Å²) >= 11 is 0. The Hall–Kier alpha value is -1.16. The zero-order valence-corrected chi connectivity index (χ0v) is 13.8. The molecule has 3 heteroatoms. The highest BCUT2D eigenvalue weighted by Gasteiger charge is 2.26. The van der Waals surface area contributed by atoms with Crippen LogP contribution < -0.4 is 0 Å². The molecule has 3 atom stereocenters. The summed E-state index contributed by atoms with van der Waals surface area (Å²) in [4.78, 5) is 0. The van der Waals surface area contributed by atoms with Gasteiger partial charge in [-0.1, -0.05) is 24.8 Å². The van der Waals surface area contributed by atoms with Gasteiger partial charge in [0.2, 0.25) is 0 Å². The van der Waals surface area contributed by atoms with Crippen LogP contribution in [-0.2, 0) is 33.5 Å². The molecule has 1 aromatic rings. The minimum absolute atomic E-state index is 0.491. The van der Waals surface area contributed by atoms with E-state index in [9.17, 15) is 0 Å². The maximum Gasteiger partial charge on any atom is 0.0813 e. The molecule has 23 heavy (non-hydrogen) atoms. The van der Waals surface area contributed by atoms with Gasteiger partial charge in [0.25, 0.3) is 0 Å². The predicted octanol–water partition coefficient (Wildman–Crippen LogP) is 3.32. The highest BCUT2D eigenvalue weighted by molar-refractivity contribution is 5.53. The monoisotopic (exact) mass is 314 g/mol. The molecule has 3 aliphatic rings. The Balaban J connectivity index is 1.54. The fourth-order valence-corrected chi connectivity index (χ4v) is 3.35. The summed E-state index contributed by atoms with van der Waals surface area (Å²) in [6.07, 6.45) is 10.2. The molecule has 0 aliphatic carbocycles. The largest absolute Gasteiger partial charge is 0.373 e. The van der Waals surface area contributed by atoms with Crippen molar-refractivity contribution in [3.05, 3.63) is 41.0 Å². The Morgan fingerprint density at radius 1 is 0.826 bits per heavy atom. The van der Waals surface area contributed by atoms with Crippen LogP contribution in [0.4, 0.5) is 0 Å². The van der Waals surface area contributed by atoms with Gasteiger partial charge in [0.15, 0.2) is 0 Å². The number of epoxide rings is 3. The van der Waals surface area contributed by atoms with E-state index in [1.807, 2.05) is 6.08 Å². The zero-order chi connectivity index (χ0) is 15.6. The Bertz CT molecular complexity index is 531. The second-order valence-electron chi connectivity index (χ2n) is 7.00. The molecule has 3 fully saturated rings. The molecule has 0 saturated carbocycles. The summed E-state index contributed by atoms with van der Waals surface area (Å²) in [5, 5.41) is 0. The van der Waals surface area contributed by atoms with Crippen molar-refractivity contribution in [2.45, 2.75) is 56.8 Å². The zero-order valence-electron chi connectivity index (χ0n) is 13.8. The molecule has 0 aromatic heterocycles. The fourth-order valence-electron chi connectivity index (χ4n) is 3.35. The van der Waals surface area contributed by atoms with E-state index in [0.717, 1.165) is 58.3 Å². The molecular weight excluding hydrogens is 288 g/mol. The van der Waals surface area contributed by atoms with Gasteiger partial charge in [0.1, 0.15) is 0 Å². The normalized spacial score (nSPS) is 27.7. The van der Waals surface area contributed by atoms with E-state index in [2.05, 4.69) is 18.7 Å². The minimum atomic E-state index is 0.491. The lowest BCUT2D eigenvalue weighted by atomic mass is 9.89. The van der Waals surface area contributed by atoms with Crippen molar-refractivity contribution in [1.82, 2.24) is 0 Å². The first-order chi connectivity index (χ1) is 11.3. The second kappa shape index (κ2) is 6.76. The van der Waals surface area contributed by atoms with Crippen LogP contribution >= 0.6 is 0 Å². The van der Waals surface area contributed by atoms with Crippen molar-refractivity contribution >= 4 is 6.08 Å². The lowest BCUT2D eigenvalue weighted by Gasteiger charge is -2.16. The summed E-state index contributed by atoms with van der Waals surface area (Å²) in [7, 11) is 0. The highest BCUT2D eigenvalue weighted by atomic mass is 16.6. The number of hydrogen-bond donors (Lipinski definition) is 0. The van der Waals surface area contributed by atoms with Gasteiger partial charge in [0, 0.05) is 0 Å². The smallest absolute Gasteiger partial charge is 0.0813 e. The Morgan fingerprint density at radius 2 is 1.26 bits per heavy atom. The molecule has 0 spiro atoms. The summed E-state index contributed by atoms with van der Waals surface area (Å²) < 4.78 is 16.2. The predicted molar refractivity (Wildman–Crippen MR) is 90.7 cm³/mol. The average Bonchev–Trinajstić information content (AvgIpc) is 3.41. The number of hydrogen-bond acceptors (Lipinski definition) is 3. The number of ether oxygens (including phenoxy) is 3. The molecule has 3 heterocycles. The SMILES string of the molecule is C=Cc1cc(CCC2CO2)c(CCC2CO2)c(CCC2CO2)c1. The van der Waals surface area contributed by atoms with Crippen LogP contribution in [0, 0.1) is 0 Å². The van der Waals surface area contributed by atoms with Crippen molar-refractivity contribution in [1.29, 1.82) is 0 Å². The summed E-state index contributed by atoms with van der Waals surface area (Å²) in [5.41, 5.74) is 5.78. The molecule has 3 nitrogen and oxygen atoms in total. The summed E-state index contributed by atoms with van der Waals surface area (Å²) in [5.74, 6) is 0. The van der Waals surface area contributed by atoms with Crippen molar-refractivity contribution in [2.75, 3.05) is 19.8 Å². The second-order valence-corrected chi connectivity index (χ2v) is 7.00. The third kappa shape index (κ3) is 4.43. The Kier molecular flexibility index (Phi) is 4.52. The van der Waals surface area contributed by atoms with Gasteiger partial charge in [-0.05, 0) is 60.8 Å². The van der Waals surface area contributed by atoms with E-state index in [-0.39, 0.29) is 0 Å². The third-order valence-corrected chi connectivity index (χ3v) is 5.09. The molecule has 124 valence electrons. The minimum Gasteiger partial charge on any atom is -0.373 e. The molecule has 0 radical (unpaired) electrons. The molecule has 0 amide bonds. The van der Waals surface area contributed by atoms with E-state index >= 15 is 0 Å². The van der Waals surface area contributed by atoms with Gasteiger partial charge < -0.3 is 14.2 Å². The van der Waals surface area contributed by atoms with Gasteiger partial charge in [-0.2, -0.15) is 0 Å². The van der Waals surface area contributed by atoms with Crippen LogP contribution in [0.5, 0.6) is 0 Å². The summed E-state index contributed by atoms with van der Waals surface area (Å²) in [6.45, 7) is 6.80. The van der Waals surface area contributed by atoms with Crippen molar-refractivity contribution < 1.29 is 14.2 Å². The average molecular weight is 314 g/mol. The highest BCUT2D eigenvalue weighted by Crippen LogP contribution is 2.29. The van der Waals surface area contributed by atoms with E-state index in [0.29, 0.717) is 18.3 Å². The maximum absolute atomic E-state index is 5.42. The molecule has 3 saturated heterocycles. The Morgan fingerprint density at radius 3 is 1.65 bits per heavy atom. The van der Waals surface area contributed by atoms with Crippen LogP contribution in [0.15, 0.2) is 18.7 Å². The molecule has 0 bridgehead atoms. The van der Waals surface area contributed by atoms with Crippen molar-refractivity contribution in [3.63, 3.8) is 0 Å². The first-order valence-corrected chi connectivity index (χ1v) is 8.93. The lowest BCUT2D eigenvalue weighted by Crippen LogP contribution is -2.06. The van der Waals surface area contributed by atoms with Crippen LogP contribution in [-0.4, -0.2) is 38.1 Å². The maximum atomic E-state index is 5.42.